The molecule has 4 heteroatoms. The molecule has 1 aliphatic rings. The van der Waals surface area contributed by atoms with Crippen molar-refractivity contribution in [1.29, 1.82) is 0 Å². The molecular weight excluding hydrogens is 174 g/mol. The highest BCUT2D eigenvalue weighted by Gasteiger charge is 2.38. The summed E-state index contributed by atoms with van der Waals surface area (Å²) in [5.74, 6) is -0.0163. The maximum Gasteiger partial charge on any atom is 0.316 e. The Bertz CT molecular complexity index is 166. The first-order valence-corrected chi connectivity index (χ1v) is 5.00. The highest BCUT2D eigenvalue weighted by atomic mass is 32.1. The molecule has 1 saturated heterocycles. The first kappa shape index (κ1) is 9.86. The maximum absolute atomic E-state index is 11.0. The van der Waals surface area contributed by atoms with Crippen LogP contribution in [-0.2, 0) is 9.53 Å². The summed E-state index contributed by atoms with van der Waals surface area (Å²) in [4.78, 5) is 11.0. The van der Waals surface area contributed by atoms with E-state index in [0.717, 1.165) is 25.9 Å². The van der Waals surface area contributed by atoms with E-state index < -0.39 is 0 Å². The van der Waals surface area contributed by atoms with Crippen LogP contribution in [-0.4, -0.2) is 30.4 Å². The topological polar surface area (TPSA) is 42.9 Å². The molecule has 0 bridgehead atoms. The van der Waals surface area contributed by atoms with Crippen molar-refractivity contribution in [3.8, 4) is 0 Å². The molecule has 0 aromatic carbocycles. The molecule has 1 fully saturated rings. The van der Waals surface area contributed by atoms with Gasteiger partial charge < -0.3 is 10.1 Å². The Morgan fingerprint density at radius 3 is 2.92 bits per heavy atom. The molecule has 0 aromatic heterocycles. The van der Waals surface area contributed by atoms with E-state index in [0.29, 0.717) is 0 Å². The Hall–Kier alpha value is -0.220. The summed E-state index contributed by atoms with van der Waals surface area (Å²) in [7, 11) is 0. The molecule has 1 aliphatic heterocycles. The molecule has 0 aromatic rings. The van der Waals surface area contributed by atoms with E-state index in [1.54, 1.807) is 0 Å². The van der Waals surface area contributed by atoms with Gasteiger partial charge in [0.1, 0.15) is 6.54 Å². The fourth-order valence-corrected chi connectivity index (χ4v) is 1.66. The number of nitrogens with two attached hydrogens (primary N) is 1. The number of hydrogen-bond donors (Lipinski definition) is 2. The second-order valence-corrected chi connectivity index (χ2v) is 3.52. The summed E-state index contributed by atoms with van der Waals surface area (Å²) in [6.45, 7) is 4.03. The van der Waals surface area contributed by atoms with Crippen LogP contribution < -0.4 is 5.32 Å². The van der Waals surface area contributed by atoms with Gasteiger partial charge in [0.15, 0.2) is 5.60 Å². The lowest BCUT2D eigenvalue weighted by Gasteiger charge is -2.23. The van der Waals surface area contributed by atoms with Crippen molar-refractivity contribution in [3.63, 3.8) is 0 Å². The molecular formula is C8H16NO2S+. The van der Waals surface area contributed by atoms with E-state index in [2.05, 4.69) is 24.9 Å². The molecule has 0 aliphatic carbocycles. The van der Waals surface area contributed by atoms with Gasteiger partial charge in [-0.05, 0) is 6.42 Å². The first-order valence-electron chi connectivity index (χ1n) is 4.37. The van der Waals surface area contributed by atoms with Gasteiger partial charge in [0.2, 0.25) is 0 Å². The van der Waals surface area contributed by atoms with E-state index in [-0.39, 0.29) is 17.3 Å². The van der Waals surface area contributed by atoms with Crippen molar-refractivity contribution < 1.29 is 14.8 Å². The predicted octanol–water partition coefficient (Wildman–Crippen LogP) is -0.425. The van der Waals surface area contributed by atoms with Crippen LogP contribution in [0.5, 0.6) is 0 Å². The SMILES string of the molecule is CCC1(OC(=O)CS)CC[NH2+]C1. The molecule has 0 spiro atoms. The zero-order chi connectivity index (χ0) is 9.03. The second kappa shape index (κ2) is 4.14. The Labute approximate surface area is 78.3 Å². The lowest BCUT2D eigenvalue weighted by Crippen LogP contribution is -2.82. The third kappa shape index (κ3) is 2.14. The van der Waals surface area contributed by atoms with E-state index in [1.807, 2.05) is 0 Å². The third-order valence-corrected chi connectivity index (χ3v) is 2.68. The summed E-state index contributed by atoms with van der Waals surface area (Å²) >= 11 is 3.88. The van der Waals surface area contributed by atoms with Gasteiger partial charge >= 0.3 is 5.97 Å². The van der Waals surface area contributed by atoms with Gasteiger partial charge in [0.05, 0.1) is 12.3 Å². The van der Waals surface area contributed by atoms with Gasteiger partial charge in [-0.1, -0.05) is 6.92 Å². The van der Waals surface area contributed by atoms with Gasteiger partial charge in [0.25, 0.3) is 0 Å². The van der Waals surface area contributed by atoms with Crippen molar-refractivity contribution in [1.82, 2.24) is 0 Å². The molecule has 3 nitrogen and oxygen atoms in total. The van der Waals surface area contributed by atoms with Gasteiger partial charge in [-0.25, -0.2) is 0 Å². The Morgan fingerprint density at radius 1 is 1.75 bits per heavy atom. The van der Waals surface area contributed by atoms with Crippen LogP contribution in [0, 0.1) is 0 Å². The quantitative estimate of drug-likeness (QED) is 0.469. The number of hydrogen-bond acceptors (Lipinski definition) is 3. The van der Waals surface area contributed by atoms with Crippen molar-refractivity contribution in [2.75, 3.05) is 18.8 Å². The van der Waals surface area contributed by atoms with Crippen molar-refractivity contribution in [2.24, 2.45) is 0 Å². The number of esters is 1. The van der Waals surface area contributed by atoms with Crippen molar-refractivity contribution in [2.45, 2.75) is 25.4 Å². The molecule has 1 rings (SSSR count). The monoisotopic (exact) mass is 190 g/mol. The van der Waals surface area contributed by atoms with E-state index in [9.17, 15) is 4.79 Å². The maximum atomic E-state index is 11.0. The lowest BCUT2D eigenvalue weighted by molar-refractivity contribution is -0.641. The number of thiol groups is 1. The zero-order valence-corrected chi connectivity index (χ0v) is 8.27. The van der Waals surface area contributed by atoms with Crippen LogP contribution >= 0.6 is 12.6 Å². The summed E-state index contributed by atoms with van der Waals surface area (Å²) in [5, 5.41) is 2.19. The molecule has 70 valence electrons. The minimum absolute atomic E-state index is 0.182. The highest BCUT2D eigenvalue weighted by molar-refractivity contribution is 7.81. The molecule has 1 unspecified atom stereocenters. The summed E-state index contributed by atoms with van der Waals surface area (Å²) in [6, 6.07) is 0. The predicted molar refractivity (Wildman–Crippen MR) is 49.2 cm³/mol. The number of quaternary nitrogens is 1. The molecule has 0 saturated carbocycles. The van der Waals surface area contributed by atoms with Gasteiger partial charge in [-0.3, -0.25) is 4.79 Å². The summed E-state index contributed by atoms with van der Waals surface area (Å²) in [6.07, 6.45) is 1.88. The Kier molecular flexibility index (Phi) is 3.40. The smallest absolute Gasteiger partial charge is 0.316 e. The zero-order valence-electron chi connectivity index (χ0n) is 7.38. The Balaban J connectivity index is 2.49. The normalized spacial score (nSPS) is 28.8. The van der Waals surface area contributed by atoms with Crippen LogP contribution in [0.15, 0.2) is 0 Å². The lowest BCUT2D eigenvalue weighted by atomic mass is 10.00. The average Bonchev–Trinajstić information content (AvgIpc) is 2.54. The number of carbonyl (C=O) groups excluding carboxylic acids is 1. The minimum atomic E-state index is -0.199. The summed E-state index contributed by atoms with van der Waals surface area (Å²) < 4.78 is 5.35. The van der Waals surface area contributed by atoms with E-state index >= 15 is 0 Å². The van der Waals surface area contributed by atoms with Gasteiger partial charge in [0, 0.05) is 6.42 Å². The largest absolute Gasteiger partial charge is 0.452 e. The van der Waals surface area contributed by atoms with Crippen molar-refractivity contribution in [3.05, 3.63) is 0 Å². The van der Waals surface area contributed by atoms with Crippen LogP contribution in [0.25, 0.3) is 0 Å². The van der Waals surface area contributed by atoms with Gasteiger partial charge in [-0.2, -0.15) is 12.6 Å². The fraction of sp³-hybridized carbons (Fsp3) is 0.875. The van der Waals surface area contributed by atoms with E-state index in [4.69, 9.17) is 4.74 Å². The van der Waals surface area contributed by atoms with Crippen LogP contribution in [0.2, 0.25) is 0 Å². The van der Waals surface area contributed by atoms with Gasteiger partial charge in [-0.15, -0.1) is 0 Å². The highest BCUT2D eigenvalue weighted by Crippen LogP contribution is 2.20. The third-order valence-electron chi connectivity index (χ3n) is 2.42. The summed E-state index contributed by atoms with van der Waals surface area (Å²) in [5.41, 5.74) is -0.195. The van der Waals surface area contributed by atoms with Crippen LogP contribution in [0.3, 0.4) is 0 Å². The molecule has 0 amide bonds. The van der Waals surface area contributed by atoms with Crippen LogP contribution in [0.4, 0.5) is 0 Å². The minimum Gasteiger partial charge on any atom is -0.452 e. The molecule has 1 atom stereocenters. The molecule has 1 heterocycles. The fourth-order valence-electron chi connectivity index (χ4n) is 1.59. The molecule has 2 N–H and O–H groups in total. The molecule has 0 radical (unpaired) electrons. The number of rotatable bonds is 3. The second-order valence-electron chi connectivity index (χ2n) is 3.20. The standard InChI is InChI=1S/C8H15NO2S/c1-2-8(3-4-9-6-8)11-7(10)5-12/h9,12H,2-6H2,1H3/p+1. The molecule has 12 heavy (non-hydrogen) atoms. The van der Waals surface area contributed by atoms with Crippen molar-refractivity contribution >= 4 is 18.6 Å². The average molecular weight is 190 g/mol. The Morgan fingerprint density at radius 2 is 2.50 bits per heavy atom. The van der Waals surface area contributed by atoms with Crippen LogP contribution in [0.1, 0.15) is 19.8 Å². The number of carbonyl (C=O) groups is 1. The van der Waals surface area contributed by atoms with E-state index in [1.165, 1.54) is 0 Å². The number of ether oxygens (including phenoxy) is 1. The first-order chi connectivity index (χ1) is 5.72.